The molecule has 1 aromatic carbocycles. The summed E-state index contributed by atoms with van der Waals surface area (Å²) in [5.74, 6) is 0.0271. The number of halogens is 1. The molecule has 0 spiro atoms. The highest BCUT2D eigenvalue weighted by Crippen LogP contribution is 2.21. The van der Waals surface area contributed by atoms with Gasteiger partial charge >= 0.3 is 0 Å². The van der Waals surface area contributed by atoms with Crippen LogP contribution in [0, 0.1) is 13.8 Å². The third kappa shape index (κ3) is 4.58. The number of anilines is 1. The highest BCUT2D eigenvalue weighted by atomic mass is 35.5. The molecule has 2 aromatic rings. The van der Waals surface area contributed by atoms with Crippen LogP contribution >= 0.6 is 12.4 Å². The monoisotopic (exact) mass is 322 g/mol. The number of carbonyl (C=O) groups is 1. The number of carbonyl (C=O) groups excluding carboxylic acids is 1. The van der Waals surface area contributed by atoms with Crippen LogP contribution < -0.4 is 10.6 Å². The van der Waals surface area contributed by atoms with E-state index >= 15 is 0 Å². The number of rotatable bonds is 6. The average molecular weight is 323 g/mol. The molecule has 0 aliphatic heterocycles. The van der Waals surface area contributed by atoms with Crippen molar-refractivity contribution in [2.24, 2.45) is 0 Å². The van der Waals surface area contributed by atoms with Gasteiger partial charge in [-0.3, -0.25) is 4.79 Å². The van der Waals surface area contributed by atoms with Crippen LogP contribution in [-0.2, 0) is 4.79 Å². The van der Waals surface area contributed by atoms with Gasteiger partial charge in [0.05, 0.1) is 17.1 Å². The van der Waals surface area contributed by atoms with Gasteiger partial charge in [-0.05, 0) is 52.1 Å². The van der Waals surface area contributed by atoms with E-state index in [9.17, 15) is 4.79 Å². The second-order valence-corrected chi connectivity index (χ2v) is 5.11. The number of hydrogen-bond acceptors (Lipinski definition) is 3. The van der Waals surface area contributed by atoms with Gasteiger partial charge in [0.25, 0.3) is 0 Å². The summed E-state index contributed by atoms with van der Waals surface area (Å²) in [6.07, 6.45) is 1.33. The summed E-state index contributed by atoms with van der Waals surface area (Å²) in [5, 5.41) is 10.5. The minimum atomic E-state index is 0. The summed E-state index contributed by atoms with van der Waals surface area (Å²) in [6.45, 7) is 4.81. The first-order chi connectivity index (χ1) is 10.1. The molecule has 0 radical (unpaired) electrons. The van der Waals surface area contributed by atoms with E-state index in [0.717, 1.165) is 35.7 Å². The number of benzene rings is 1. The van der Waals surface area contributed by atoms with Crippen LogP contribution in [0.4, 0.5) is 5.69 Å². The van der Waals surface area contributed by atoms with E-state index in [1.54, 1.807) is 0 Å². The second kappa shape index (κ2) is 8.56. The van der Waals surface area contributed by atoms with Crippen molar-refractivity contribution in [2.45, 2.75) is 26.7 Å². The Labute approximate surface area is 137 Å². The quantitative estimate of drug-likeness (QED) is 0.804. The van der Waals surface area contributed by atoms with Crippen molar-refractivity contribution in [1.29, 1.82) is 0 Å². The molecule has 22 heavy (non-hydrogen) atoms. The van der Waals surface area contributed by atoms with Crippen LogP contribution in [0.25, 0.3) is 5.69 Å². The van der Waals surface area contributed by atoms with Gasteiger partial charge in [0.15, 0.2) is 0 Å². The topological polar surface area (TPSA) is 59.0 Å². The standard InChI is InChI=1S/C16H22N4O.ClH/c1-12-11-13(2)20(19-12)15-8-5-4-7-14(15)18-16(21)9-6-10-17-3;/h4-5,7-8,11,17H,6,9-10H2,1-3H3,(H,18,21);1H. The predicted molar refractivity (Wildman–Crippen MR) is 92.1 cm³/mol. The zero-order valence-electron chi connectivity index (χ0n) is 13.2. The van der Waals surface area contributed by atoms with Gasteiger partial charge in [0.2, 0.25) is 5.91 Å². The molecule has 1 heterocycles. The van der Waals surface area contributed by atoms with Crippen molar-refractivity contribution in [3.05, 3.63) is 41.7 Å². The largest absolute Gasteiger partial charge is 0.324 e. The van der Waals surface area contributed by atoms with Gasteiger partial charge in [-0.1, -0.05) is 12.1 Å². The maximum Gasteiger partial charge on any atom is 0.224 e. The van der Waals surface area contributed by atoms with E-state index < -0.39 is 0 Å². The van der Waals surface area contributed by atoms with E-state index in [1.807, 2.05) is 55.9 Å². The molecule has 0 unspecified atom stereocenters. The molecule has 5 nitrogen and oxygen atoms in total. The van der Waals surface area contributed by atoms with Crippen molar-refractivity contribution in [2.75, 3.05) is 18.9 Å². The molecule has 1 aromatic heterocycles. The lowest BCUT2D eigenvalue weighted by Crippen LogP contribution is -2.16. The fraction of sp³-hybridized carbons (Fsp3) is 0.375. The van der Waals surface area contributed by atoms with Gasteiger partial charge in [0.1, 0.15) is 0 Å². The Bertz CT molecular complexity index is 624. The number of hydrogen-bond donors (Lipinski definition) is 2. The fourth-order valence-corrected chi connectivity index (χ4v) is 2.28. The molecule has 0 bridgehead atoms. The first kappa shape index (κ1) is 18.2. The summed E-state index contributed by atoms with van der Waals surface area (Å²) < 4.78 is 1.86. The highest BCUT2D eigenvalue weighted by Gasteiger charge is 2.10. The molecule has 0 aliphatic rings. The smallest absolute Gasteiger partial charge is 0.224 e. The predicted octanol–water partition coefficient (Wildman–Crippen LogP) is 2.85. The molecule has 2 rings (SSSR count). The molecule has 0 saturated carbocycles. The average Bonchev–Trinajstić information content (AvgIpc) is 2.78. The summed E-state index contributed by atoms with van der Waals surface area (Å²) in [7, 11) is 1.88. The molecular weight excluding hydrogens is 300 g/mol. The number of aryl methyl sites for hydroxylation is 2. The fourth-order valence-electron chi connectivity index (χ4n) is 2.28. The lowest BCUT2D eigenvalue weighted by Gasteiger charge is -2.12. The number of amides is 1. The Morgan fingerprint density at radius 1 is 1.27 bits per heavy atom. The van der Waals surface area contributed by atoms with Crippen LogP contribution in [0.5, 0.6) is 0 Å². The van der Waals surface area contributed by atoms with Gasteiger partial charge in [-0.25, -0.2) is 4.68 Å². The van der Waals surface area contributed by atoms with E-state index in [2.05, 4.69) is 15.7 Å². The molecule has 0 saturated heterocycles. The van der Waals surface area contributed by atoms with Crippen LogP contribution in [0.3, 0.4) is 0 Å². The molecular formula is C16H23ClN4O. The number of nitrogens with one attached hydrogen (secondary N) is 2. The van der Waals surface area contributed by atoms with Crippen molar-refractivity contribution < 1.29 is 4.79 Å². The van der Waals surface area contributed by atoms with Gasteiger partial charge in [-0.2, -0.15) is 5.10 Å². The van der Waals surface area contributed by atoms with Crippen LogP contribution in [0.2, 0.25) is 0 Å². The lowest BCUT2D eigenvalue weighted by atomic mass is 10.2. The molecule has 2 N–H and O–H groups in total. The van der Waals surface area contributed by atoms with Crippen molar-refractivity contribution in [3.8, 4) is 5.69 Å². The lowest BCUT2D eigenvalue weighted by molar-refractivity contribution is -0.116. The first-order valence-electron chi connectivity index (χ1n) is 7.19. The molecule has 0 fully saturated rings. The number of aromatic nitrogens is 2. The number of para-hydroxylation sites is 2. The molecule has 0 atom stereocenters. The van der Waals surface area contributed by atoms with E-state index in [1.165, 1.54) is 0 Å². The maximum atomic E-state index is 12.0. The van der Waals surface area contributed by atoms with Gasteiger partial charge < -0.3 is 10.6 Å². The molecule has 120 valence electrons. The normalized spacial score (nSPS) is 10.1. The van der Waals surface area contributed by atoms with Gasteiger partial charge in [-0.15, -0.1) is 12.4 Å². The zero-order valence-corrected chi connectivity index (χ0v) is 14.0. The number of nitrogens with zero attached hydrogens (tertiary/aromatic N) is 2. The summed E-state index contributed by atoms with van der Waals surface area (Å²) >= 11 is 0. The summed E-state index contributed by atoms with van der Waals surface area (Å²) in [5.41, 5.74) is 3.69. The van der Waals surface area contributed by atoms with Crippen LogP contribution in [-0.4, -0.2) is 29.3 Å². The Morgan fingerprint density at radius 3 is 2.64 bits per heavy atom. The van der Waals surface area contributed by atoms with Crippen molar-refractivity contribution in [1.82, 2.24) is 15.1 Å². The van der Waals surface area contributed by atoms with Gasteiger partial charge in [0, 0.05) is 12.1 Å². The Morgan fingerprint density at radius 2 is 2.00 bits per heavy atom. The first-order valence-corrected chi connectivity index (χ1v) is 7.19. The van der Waals surface area contributed by atoms with E-state index in [0.29, 0.717) is 6.42 Å². The molecule has 1 amide bonds. The highest BCUT2D eigenvalue weighted by molar-refractivity contribution is 5.92. The summed E-state index contributed by atoms with van der Waals surface area (Å²) in [6, 6.07) is 9.75. The Balaban J connectivity index is 0.00000242. The summed E-state index contributed by atoms with van der Waals surface area (Å²) in [4.78, 5) is 12.0. The van der Waals surface area contributed by atoms with Crippen molar-refractivity contribution >= 4 is 24.0 Å². The Kier molecular flexibility index (Phi) is 7.08. The van der Waals surface area contributed by atoms with Crippen LogP contribution in [0.1, 0.15) is 24.2 Å². The second-order valence-electron chi connectivity index (χ2n) is 5.11. The van der Waals surface area contributed by atoms with E-state index in [4.69, 9.17) is 0 Å². The third-order valence-corrected chi connectivity index (χ3v) is 3.25. The van der Waals surface area contributed by atoms with Crippen molar-refractivity contribution in [3.63, 3.8) is 0 Å². The minimum absolute atomic E-state index is 0. The maximum absolute atomic E-state index is 12.0. The van der Waals surface area contributed by atoms with Crippen LogP contribution in [0.15, 0.2) is 30.3 Å². The van der Waals surface area contributed by atoms with E-state index in [-0.39, 0.29) is 18.3 Å². The Hall–Kier alpha value is -1.85. The molecule has 6 heteroatoms. The third-order valence-electron chi connectivity index (χ3n) is 3.25. The molecule has 0 aliphatic carbocycles. The minimum Gasteiger partial charge on any atom is -0.324 e. The SMILES string of the molecule is CNCCCC(=O)Nc1ccccc1-n1nc(C)cc1C.Cl. The zero-order chi connectivity index (χ0) is 15.2.